The second kappa shape index (κ2) is 6.93. The van der Waals surface area contributed by atoms with Gasteiger partial charge in [0.25, 0.3) is 10.1 Å². The van der Waals surface area contributed by atoms with Gasteiger partial charge in [-0.15, -0.1) is 0 Å². The molecule has 1 aliphatic heterocycles. The summed E-state index contributed by atoms with van der Waals surface area (Å²) in [5.74, 6) is 0.923. The first kappa shape index (κ1) is 18.7. The van der Waals surface area contributed by atoms with Crippen LogP contribution in [0.4, 0.5) is 0 Å². The van der Waals surface area contributed by atoms with E-state index >= 15 is 0 Å². The van der Waals surface area contributed by atoms with Gasteiger partial charge in [0, 0.05) is 12.0 Å². The van der Waals surface area contributed by atoms with Gasteiger partial charge in [0.15, 0.2) is 0 Å². The van der Waals surface area contributed by atoms with Crippen molar-refractivity contribution in [3.05, 3.63) is 53.6 Å². The van der Waals surface area contributed by atoms with Gasteiger partial charge < -0.3 is 9.84 Å². The quantitative estimate of drug-likeness (QED) is 0.803. The van der Waals surface area contributed by atoms with E-state index in [2.05, 4.69) is 0 Å². The summed E-state index contributed by atoms with van der Waals surface area (Å²) in [5, 5.41) is 9.56. The number of phenols is 1. The zero-order valence-electron chi connectivity index (χ0n) is 15.2. The van der Waals surface area contributed by atoms with E-state index in [0.717, 1.165) is 17.7 Å². The van der Waals surface area contributed by atoms with Crippen LogP contribution in [0.3, 0.4) is 0 Å². The van der Waals surface area contributed by atoms with Crippen LogP contribution < -0.4 is 4.74 Å². The molecule has 26 heavy (non-hydrogen) atoms. The highest BCUT2D eigenvalue weighted by Crippen LogP contribution is 2.38. The molecule has 1 N–H and O–H groups in total. The van der Waals surface area contributed by atoms with Gasteiger partial charge in [-0.05, 0) is 56.9 Å². The largest absolute Gasteiger partial charge is 0.508 e. The summed E-state index contributed by atoms with van der Waals surface area (Å²) in [6.45, 7) is 5.77. The molecular formula is C20H24O5S. The summed E-state index contributed by atoms with van der Waals surface area (Å²) >= 11 is 0. The number of benzene rings is 2. The van der Waals surface area contributed by atoms with Gasteiger partial charge in [0.1, 0.15) is 22.0 Å². The Bertz CT molecular complexity index is 902. The molecule has 6 heteroatoms. The van der Waals surface area contributed by atoms with Crippen molar-refractivity contribution in [1.29, 1.82) is 0 Å². The highest BCUT2D eigenvalue weighted by molar-refractivity contribution is 7.86. The van der Waals surface area contributed by atoms with Gasteiger partial charge >= 0.3 is 0 Å². The van der Waals surface area contributed by atoms with Gasteiger partial charge in [-0.1, -0.05) is 24.3 Å². The fraction of sp³-hybridized carbons (Fsp3) is 0.400. The molecule has 140 valence electrons. The van der Waals surface area contributed by atoms with Gasteiger partial charge in [0.2, 0.25) is 0 Å². The van der Waals surface area contributed by atoms with Crippen molar-refractivity contribution in [2.24, 2.45) is 5.92 Å². The molecule has 0 aliphatic carbocycles. The molecule has 0 saturated carbocycles. The van der Waals surface area contributed by atoms with E-state index in [4.69, 9.17) is 8.92 Å². The van der Waals surface area contributed by atoms with E-state index in [1.807, 2.05) is 38.1 Å². The van der Waals surface area contributed by atoms with Crippen molar-refractivity contribution in [1.82, 2.24) is 0 Å². The lowest BCUT2D eigenvalue weighted by molar-refractivity contribution is 0.0171. The molecule has 0 saturated heterocycles. The Kier molecular flexibility index (Phi) is 4.99. The van der Waals surface area contributed by atoms with Gasteiger partial charge in [-0.25, -0.2) is 0 Å². The molecule has 2 aromatic carbocycles. The third-order valence-corrected chi connectivity index (χ3v) is 6.40. The number of para-hydroxylation sites is 1. The fourth-order valence-corrected chi connectivity index (χ4v) is 4.49. The number of hydrogen-bond acceptors (Lipinski definition) is 5. The average Bonchev–Trinajstić information content (AvgIpc) is 2.56. The lowest BCUT2D eigenvalue weighted by Gasteiger charge is -2.40. The Morgan fingerprint density at radius 3 is 2.73 bits per heavy atom. The van der Waals surface area contributed by atoms with Crippen LogP contribution in [0, 0.1) is 12.8 Å². The summed E-state index contributed by atoms with van der Waals surface area (Å²) in [5.41, 5.74) is 1.27. The van der Waals surface area contributed by atoms with Gasteiger partial charge in [0.05, 0.1) is 6.61 Å². The Balaban J connectivity index is 1.68. The number of aryl methyl sites for hydroxylation is 1. The number of ether oxygens (including phenoxy) is 1. The lowest BCUT2D eigenvalue weighted by atomic mass is 9.80. The van der Waals surface area contributed by atoms with Crippen LogP contribution in [0.15, 0.2) is 47.4 Å². The lowest BCUT2D eigenvalue weighted by Crippen LogP contribution is -2.42. The Labute approximate surface area is 154 Å². The number of aromatic hydroxyl groups is 1. The van der Waals surface area contributed by atoms with E-state index in [1.54, 1.807) is 13.0 Å². The smallest absolute Gasteiger partial charge is 0.297 e. The van der Waals surface area contributed by atoms with Crippen LogP contribution >= 0.6 is 0 Å². The molecule has 0 spiro atoms. The maximum atomic E-state index is 12.4. The van der Waals surface area contributed by atoms with E-state index in [1.165, 1.54) is 12.1 Å². The molecule has 0 aromatic heterocycles. The Morgan fingerprint density at radius 2 is 1.96 bits per heavy atom. The summed E-state index contributed by atoms with van der Waals surface area (Å²) in [6.07, 6.45) is 1.37. The highest BCUT2D eigenvalue weighted by atomic mass is 32.2. The molecule has 0 bridgehead atoms. The van der Waals surface area contributed by atoms with Crippen molar-refractivity contribution < 1.29 is 22.4 Å². The van der Waals surface area contributed by atoms with E-state index < -0.39 is 15.7 Å². The van der Waals surface area contributed by atoms with Crippen LogP contribution in [-0.2, 0) is 20.7 Å². The van der Waals surface area contributed by atoms with E-state index in [0.29, 0.717) is 12.0 Å². The van der Waals surface area contributed by atoms with Crippen LogP contribution in [0.25, 0.3) is 0 Å². The average molecular weight is 376 g/mol. The summed E-state index contributed by atoms with van der Waals surface area (Å²) in [6, 6.07) is 12.1. The Morgan fingerprint density at radius 1 is 1.23 bits per heavy atom. The molecule has 1 unspecified atom stereocenters. The molecule has 1 atom stereocenters. The van der Waals surface area contributed by atoms with Crippen LogP contribution in [0.2, 0.25) is 0 Å². The first-order valence-corrected chi connectivity index (χ1v) is 10.1. The molecule has 1 aliphatic rings. The minimum Gasteiger partial charge on any atom is -0.508 e. The fourth-order valence-electron chi connectivity index (χ4n) is 3.32. The topological polar surface area (TPSA) is 72.8 Å². The zero-order valence-corrected chi connectivity index (χ0v) is 16.0. The number of rotatable bonds is 5. The minimum atomic E-state index is -3.91. The van der Waals surface area contributed by atoms with Crippen molar-refractivity contribution in [2.75, 3.05) is 6.61 Å². The third-order valence-electron chi connectivity index (χ3n) is 4.94. The standard InChI is InChI=1S/C20H24O5S/c1-14-8-9-17(21)13-19(14)26(22,23)24-11-10-16-12-15-6-4-5-7-18(15)25-20(16,2)3/h4-9,13,16,21H,10-12H2,1-3H3. The van der Waals surface area contributed by atoms with Crippen molar-refractivity contribution in [3.8, 4) is 11.5 Å². The molecular weight excluding hydrogens is 352 g/mol. The van der Waals surface area contributed by atoms with Gasteiger partial charge in [-0.3, -0.25) is 4.18 Å². The number of fused-ring (bicyclic) bond motifs is 1. The van der Waals surface area contributed by atoms with E-state index in [-0.39, 0.29) is 23.2 Å². The summed E-state index contributed by atoms with van der Waals surface area (Å²) < 4.78 is 36.2. The van der Waals surface area contributed by atoms with Crippen molar-refractivity contribution >= 4 is 10.1 Å². The maximum Gasteiger partial charge on any atom is 0.297 e. The molecule has 0 radical (unpaired) electrons. The number of hydrogen-bond donors (Lipinski definition) is 1. The first-order chi connectivity index (χ1) is 12.2. The molecule has 3 rings (SSSR count). The molecule has 5 nitrogen and oxygen atoms in total. The number of phenolic OH excluding ortho intramolecular Hbond substituents is 1. The maximum absolute atomic E-state index is 12.4. The molecule has 2 aromatic rings. The predicted octanol–water partition coefficient (Wildman–Crippen LogP) is 3.83. The van der Waals surface area contributed by atoms with Crippen LogP contribution in [0.1, 0.15) is 31.4 Å². The first-order valence-electron chi connectivity index (χ1n) is 8.65. The molecule has 0 amide bonds. The normalized spacial score (nSPS) is 18.8. The van der Waals surface area contributed by atoms with Crippen LogP contribution in [-0.4, -0.2) is 25.7 Å². The predicted molar refractivity (Wildman–Crippen MR) is 98.9 cm³/mol. The molecule has 0 fully saturated rings. The SMILES string of the molecule is Cc1ccc(O)cc1S(=O)(=O)OCCC1Cc2ccccc2OC1(C)C. The van der Waals surface area contributed by atoms with Crippen molar-refractivity contribution in [2.45, 2.75) is 44.1 Å². The van der Waals surface area contributed by atoms with Crippen LogP contribution in [0.5, 0.6) is 11.5 Å². The molecule has 1 heterocycles. The monoisotopic (exact) mass is 376 g/mol. The second-order valence-corrected chi connectivity index (χ2v) is 8.81. The summed E-state index contributed by atoms with van der Waals surface area (Å²) in [7, 11) is -3.91. The summed E-state index contributed by atoms with van der Waals surface area (Å²) in [4.78, 5) is 0.00185. The Hall–Kier alpha value is -2.05. The minimum absolute atomic E-state index is 0.00185. The van der Waals surface area contributed by atoms with Gasteiger partial charge in [-0.2, -0.15) is 8.42 Å². The van der Waals surface area contributed by atoms with Crippen molar-refractivity contribution in [3.63, 3.8) is 0 Å². The third kappa shape index (κ3) is 3.86. The highest BCUT2D eigenvalue weighted by Gasteiger charge is 2.36. The zero-order chi connectivity index (χ0) is 18.9. The van der Waals surface area contributed by atoms with E-state index in [9.17, 15) is 13.5 Å². The second-order valence-electron chi connectivity index (χ2n) is 7.23.